The van der Waals surface area contributed by atoms with E-state index < -0.39 is 0 Å². The van der Waals surface area contributed by atoms with Crippen molar-refractivity contribution in [2.45, 2.75) is 52.0 Å². The minimum absolute atomic E-state index is 0.187. The molecule has 2 atom stereocenters. The highest BCUT2D eigenvalue weighted by Gasteiger charge is 2.22. The van der Waals surface area contributed by atoms with Crippen LogP contribution >= 0.6 is 11.6 Å². The second-order valence-electron chi connectivity index (χ2n) is 6.13. The Morgan fingerprint density at radius 1 is 1.37 bits per heavy atom. The zero-order valence-electron chi connectivity index (χ0n) is 11.8. The summed E-state index contributed by atoms with van der Waals surface area (Å²) in [5.74, 6) is 1.22. The Morgan fingerprint density at radius 3 is 2.84 bits per heavy atom. The molecule has 1 aliphatic carbocycles. The molecule has 1 nitrogen and oxygen atoms in total. The van der Waals surface area contributed by atoms with Crippen molar-refractivity contribution in [1.29, 1.82) is 0 Å². The fourth-order valence-corrected chi connectivity index (χ4v) is 3.24. The molecular formula is C16H23ClFN. The summed E-state index contributed by atoms with van der Waals surface area (Å²) in [5, 5.41) is 3.64. The Hall–Kier alpha value is -0.760. The van der Waals surface area contributed by atoms with Crippen molar-refractivity contribution < 1.29 is 4.39 Å². The summed E-state index contributed by atoms with van der Waals surface area (Å²) in [5.41, 5.74) is 0.845. The number of hydrogen-bond donors (Lipinski definition) is 1. The van der Waals surface area contributed by atoms with E-state index in [-0.39, 0.29) is 10.8 Å². The molecule has 0 radical (unpaired) electrons. The number of halogens is 2. The average molecular weight is 284 g/mol. The van der Waals surface area contributed by atoms with Gasteiger partial charge in [0.05, 0.1) is 5.02 Å². The minimum atomic E-state index is -0.346. The normalized spacial score (nSPS) is 23.6. The van der Waals surface area contributed by atoms with Crippen LogP contribution in [0.3, 0.4) is 0 Å². The molecule has 0 aliphatic heterocycles. The molecule has 1 N–H and O–H groups in total. The summed E-state index contributed by atoms with van der Waals surface area (Å²) in [7, 11) is 0. The Bertz CT molecular complexity index is 419. The molecule has 0 amide bonds. The van der Waals surface area contributed by atoms with Gasteiger partial charge < -0.3 is 5.32 Å². The molecule has 3 heteroatoms. The largest absolute Gasteiger partial charge is 0.382 e. The van der Waals surface area contributed by atoms with Gasteiger partial charge >= 0.3 is 0 Å². The van der Waals surface area contributed by atoms with Gasteiger partial charge in [-0.25, -0.2) is 4.39 Å². The van der Waals surface area contributed by atoms with Crippen LogP contribution in [0.1, 0.15) is 46.0 Å². The van der Waals surface area contributed by atoms with Gasteiger partial charge in [0.1, 0.15) is 5.82 Å². The number of hydrogen-bond acceptors (Lipinski definition) is 1. The van der Waals surface area contributed by atoms with Gasteiger partial charge in [-0.1, -0.05) is 38.3 Å². The van der Waals surface area contributed by atoms with Gasteiger partial charge in [0.2, 0.25) is 0 Å². The molecule has 2 unspecified atom stereocenters. The van der Waals surface area contributed by atoms with E-state index in [1.165, 1.54) is 38.2 Å². The summed E-state index contributed by atoms with van der Waals surface area (Å²) < 4.78 is 13.4. The van der Waals surface area contributed by atoms with Crippen LogP contribution in [0.5, 0.6) is 0 Å². The summed E-state index contributed by atoms with van der Waals surface area (Å²) >= 11 is 5.70. The average Bonchev–Trinajstić information content (AvgIpc) is 2.33. The lowest BCUT2D eigenvalue weighted by molar-refractivity contribution is 0.289. The van der Waals surface area contributed by atoms with Gasteiger partial charge in [0, 0.05) is 11.7 Å². The van der Waals surface area contributed by atoms with Crippen molar-refractivity contribution in [3.05, 3.63) is 29.0 Å². The second-order valence-corrected chi connectivity index (χ2v) is 6.54. The van der Waals surface area contributed by atoms with E-state index >= 15 is 0 Å². The summed E-state index contributed by atoms with van der Waals surface area (Å²) in [6, 6.07) is 5.44. The van der Waals surface area contributed by atoms with Gasteiger partial charge in [-0.2, -0.15) is 0 Å². The van der Waals surface area contributed by atoms with E-state index in [0.717, 1.165) is 17.5 Å². The highest BCUT2D eigenvalue weighted by molar-refractivity contribution is 6.30. The third-order valence-corrected chi connectivity index (χ3v) is 4.18. The fraction of sp³-hybridized carbons (Fsp3) is 0.625. The zero-order chi connectivity index (χ0) is 13.8. The van der Waals surface area contributed by atoms with Crippen LogP contribution in [0.15, 0.2) is 18.2 Å². The molecule has 0 aromatic heterocycles. The molecule has 0 heterocycles. The van der Waals surface area contributed by atoms with Crippen LogP contribution in [-0.4, -0.2) is 6.04 Å². The number of nitrogens with one attached hydrogen (secondary N) is 1. The highest BCUT2D eigenvalue weighted by Crippen LogP contribution is 2.31. The van der Waals surface area contributed by atoms with Crippen LogP contribution in [0.4, 0.5) is 10.1 Å². The molecule has 1 aromatic rings. The number of rotatable bonds is 4. The topological polar surface area (TPSA) is 12.0 Å². The third kappa shape index (κ3) is 4.38. The molecule has 2 rings (SSSR count). The first-order chi connectivity index (χ1) is 9.04. The van der Waals surface area contributed by atoms with Crippen LogP contribution < -0.4 is 5.32 Å². The molecule has 106 valence electrons. The number of benzene rings is 1. The van der Waals surface area contributed by atoms with E-state index in [0.29, 0.717) is 6.04 Å². The molecule has 1 aromatic carbocycles. The first-order valence-corrected chi connectivity index (χ1v) is 7.64. The van der Waals surface area contributed by atoms with E-state index in [9.17, 15) is 4.39 Å². The molecule has 0 bridgehead atoms. The summed E-state index contributed by atoms with van der Waals surface area (Å²) in [4.78, 5) is 0. The highest BCUT2D eigenvalue weighted by atomic mass is 35.5. The Balaban J connectivity index is 1.92. The lowest BCUT2D eigenvalue weighted by Gasteiger charge is -2.31. The minimum Gasteiger partial charge on any atom is -0.382 e. The maximum atomic E-state index is 13.4. The van der Waals surface area contributed by atoms with Gasteiger partial charge in [-0.3, -0.25) is 0 Å². The van der Waals surface area contributed by atoms with E-state index in [2.05, 4.69) is 19.2 Å². The van der Waals surface area contributed by atoms with Gasteiger partial charge in [-0.05, 0) is 49.3 Å². The molecule has 1 fully saturated rings. The first kappa shape index (κ1) is 14.6. The molecular weight excluding hydrogens is 261 g/mol. The lowest BCUT2D eigenvalue weighted by atomic mass is 9.81. The van der Waals surface area contributed by atoms with Crippen molar-refractivity contribution >= 4 is 17.3 Å². The molecule has 1 aliphatic rings. The summed E-state index contributed by atoms with van der Waals surface area (Å²) in [6.07, 6.45) is 6.28. The van der Waals surface area contributed by atoms with Crippen LogP contribution in [0, 0.1) is 17.7 Å². The maximum Gasteiger partial charge on any atom is 0.143 e. The smallest absolute Gasteiger partial charge is 0.143 e. The lowest BCUT2D eigenvalue weighted by Crippen LogP contribution is -2.28. The van der Waals surface area contributed by atoms with Crippen LogP contribution in [0.25, 0.3) is 0 Å². The second kappa shape index (κ2) is 6.60. The van der Waals surface area contributed by atoms with Crippen LogP contribution in [0.2, 0.25) is 5.02 Å². The zero-order valence-corrected chi connectivity index (χ0v) is 12.5. The predicted molar refractivity (Wildman–Crippen MR) is 80.2 cm³/mol. The Labute approximate surface area is 120 Å². The SMILES string of the molecule is CC(C)CC1CCCC(Nc2ccc(Cl)c(F)c2)C1. The standard InChI is InChI=1S/C16H23ClFN/c1-11(2)8-12-4-3-5-13(9-12)19-14-6-7-15(17)16(18)10-14/h6-7,10-13,19H,3-5,8-9H2,1-2H3. The van der Waals surface area contributed by atoms with Gasteiger partial charge in [-0.15, -0.1) is 0 Å². The van der Waals surface area contributed by atoms with Gasteiger partial charge in [0.15, 0.2) is 0 Å². The van der Waals surface area contributed by atoms with Crippen molar-refractivity contribution in [2.24, 2.45) is 11.8 Å². The Morgan fingerprint density at radius 2 is 2.16 bits per heavy atom. The molecule has 19 heavy (non-hydrogen) atoms. The fourth-order valence-electron chi connectivity index (χ4n) is 3.12. The first-order valence-electron chi connectivity index (χ1n) is 7.26. The van der Waals surface area contributed by atoms with Gasteiger partial charge in [0.25, 0.3) is 0 Å². The maximum absolute atomic E-state index is 13.4. The predicted octanol–water partition coefficient (Wildman–Crippen LogP) is 5.50. The van der Waals surface area contributed by atoms with Crippen molar-refractivity contribution in [3.63, 3.8) is 0 Å². The summed E-state index contributed by atoms with van der Waals surface area (Å²) in [6.45, 7) is 4.57. The van der Waals surface area contributed by atoms with E-state index in [1.54, 1.807) is 6.07 Å². The molecule has 0 spiro atoms. The Kier molecular flexibility index (Phi) is 5.09. The van der Waals surface area contributed by atoms with Crippen molar-refractivity contribution in [2.75, 3.05) is 5.32 Å². The van der Waals surface area contributed by atoms with Crippen molar-refractivity contribution in [3.8, 4) is 0 Å². The third-order valence-electron chi connectivity index (χ3n) is 3.88. The van der Waals surface area contributed by atoms with Crippen molar-refractivity contribution in [1.82, 2.24) is 0 Å². The van der Waals surface area contributed by atoms with E-state index in [1.807, 2.05) is 6.07 Å². The quantitative estimate of drug-likeness (QED) is 0.770. The number of anilines is 1. The van der Waals surface area contributed by atoms with E-state index in [4.69, 9.17) is 11.6 Å². The molecule has 1 saturated carbocycles. The van der Waals surface area contributed by atoms with Crippen LogP contribution in [-0.2, 0) is 0 Å². The monoisotopic (exact) mass is 283 g/mol. The molecule has 0 saturated heterocycles.